The van der Waals surface area contributed by atoms with Crippen molar-refractivity contribution >= 4 is 23.5 Å². The number of amides is 3. The van der Waals surface area contributed by atoms with Crippen molar-refractivity contribution in [1.29, 1.82) is 0 Å². The van der Waals surface area contributed by atoms with Gasteiger partial charge in [-0.1, -0.05) is 30.3 Å². The average Bonchev–Trinajstić information content (AvgIpc) is 2.93. The van der Waals surface area contributed by atoms with Crippen molar-refractivity contribution in [2.45, 2.75) is 44.6 Å². The molecule has 3 amide bonds. The second kappa shape index (κ2) is 22.9. The van der Waals surface area contributed by atoms with Crippen LogP contribution in [0.2, 0.25) is 0 Å². The summed E-state index contributed by atoms with van der Waals surface area (Å²) in [5.74, 6) is -2.17. The molecule has 40 heavy (non-hydrogen) atoms. The summed E-state index contributed by atoms with van der Waals surface area (Å²) in [4.78, 5) is 49.7. The number of hydrogen-bond acceptors (Lipinski definition) is 9. The summed E-state index contributed by atoms with van der Waals surface area (Å²) in [6.07, 6.45) is 1.91. The molecule has 2 unspecified atom stereocenters. The van der Waals surface area contributed by atoms with E-state index in [1.165, 1.54) is 0 Å². The van der Waals surface area contributed by atoms with Crippen molar-refractivity contribution in [1.82, 2.24) is 21.3 Å². The van der Waals surface area contributed by atoms with Crippen molar-refractivity contribution in [3.63, 3.8) is 0 Å². The van der Waals surface area contributed by atoms with E-state index < -0.39 is 17.9 Å². The van der Waals surface area contributed by atoms with Crippen LogP contribution in [-0.4, -0.2) is 95.7 Å². The molecule has 2 atom stereocenters. The normalized spacial score (nSPS) is 12.4. The molecule has 226 valence electrons. The van der Waals surface area contributed by atoms with E-state index >= 15 is 0 Å². The number of carbonyl (C=O) groups excluding carboxylic acids is 4. The van der Waals surface area contributed by atoms with Gasteiger partial charge in [0.15, 0.2) is 5.78 Å². The van der Waals surface area contributed by atoms with Gasteiger partial charge in [0.25, 0.3) is 0 Å². The highest BCUT2D eigenvalue weighted by atomic mass is 16.5. The maximum absolute atomic E-state index is 13.2. The first-order valence-electron chi connectivity index (χ1n) is 14.0. The van der Waals surface area contributed by atoms with Crippen LogP contribution in [0, 0.1) is 5.92 Å². The molecule has 12 heteroatoms. The number of benzene rings is 1. The monoisotopic (exact) mass is 564 g/mol. The van der Waals surface area contributed by atoms with Gasteiger partial charge >= 0.3 is 0 Å². The smallest absolute Gasteiger partial charge is 0.224 e. The number of ether oxygens (including phenoxy) is 2. The van der Waals surface area contributed by atoms with Crippen LogP contribution in [0.1, 0.15) is 37.7 Å². The van der Waals surface area contributed by atoms with E-state index in [1.54, 1.807) is 7.11 Å². The van der Waals surface area contributed by atoms with Crippen LogP contribution in [0.3, 0.4) is 0 Å². The van der Waals surface area contributed by atoms with Crippen molar-refractivity contribution < 1.29 is 28.7 Å². The third-order valence-electron chi connectivity index (χ3n) is 6.13. The predicted molar refractivity (Wildman–Crippen MR) is 153 cm³/mol. The van der Waals surface area contributed by atoms with E-state index in [0.29, 0.717) is 84.8 Å². The fraction of sp³-hybridized carbons (Fsp3) is 0.643. The molecule has 0 fully saturated rings. The number of nitrogens with two attached hydrogens (primary N) is 2. The summed E-state index contributed by atoms with van der Waals surface area (Å²) >= 11 is 0. The van der Waals surface area contributed by atoms with E-state index in [9.17, 15) is 19.2 Å². The number of rotatable bonds is 25. The van der Waals surface area contributed by atoms with Crippen LogP contribution in [0.5, 0.6) is 0 Å². The molecule has 1 aromatic rings. The van der Waals surface area contributed by atoms with Gasteiger partial charge in [0.2, 0.25) is 17.7 Å². The fourth-order valence-corrected chi connectivity index (χ4v) is 3.94. The SMILES string of the molecule is COCCOCCNC(CCCCNC(=O)Cc1ccccc1)C(=O)CC(CC(=O)NCCNCCN)C(N)=O. The zero-order chi connectivity index (χ0) is 29.4. The lowest BCUT2D eigenvalue weighted by Crippen LogP contribution is -2.42. The zero-order valence-corrected chi connectivity index (χ0v) is 23.8. The Morgan fingerprint density at radius 2 is 1.60 bits per heavy atom. The van der Waals surface area contributed by atoms with Gasteiger partial charge in [0, 0.05) is 59.2 Å². The molecular formula is C28H48N6O6. The van der Waals surface area contributed by atoms with E-state index in [0.717, 1.165) is 5.56 Å². The highest BCUT2D eigenvalue weighted by Gasteiger charge is 2.26. The lowest BCUT2D eigenvalue weighted by molar-refractivity contribution is -0.131. The molecule has 0 saturated heterocycles. The lowest BCUT2D eigenvalue weighted by atomic mass is 9.92. The van der Waals surface area contributed by atoms with Crippen LogP contribution >= 0.6 is 0 Å². The van der Waals surface area contributed by atoms with Crippen molar-refractivity contribution in [3.05, 3.63) is 35.9 Å². The molecule has 1 aromatic carbocycles. The van der Waals surface area contributed by atoms with Gasteiger partial charge in [0.1, 0.15) is 0 Å². The largest absolute Gasteiger partial charge is 0.382 e. The molecule has 0 saturated carbocycles. The first-order chi connectivity index (χ1) is 19.4. The zero-order valence-electron chi connectivity index (χ0n) is 23.8. The van der Waals surface area contributed by atoms with Crippen molar-refractivity contribution in [2.75, 3.05) is 66.2 Å². The Morgan fingerprint density at radius 1 is 0.850 bits per heavy atom. The number of unbranched alkanes of at least 4 members (excludes halogenated alkanes) is 1. The van der Waals surface area contributed by atoms with Gasteiger partial charge in [-0.25, -0.2) is 0 Å². The molecule has 0 aliphatic heterocycles. The first kappa shape index (κ1) is 35.1. The summed E-state index contributed by atoms with van der Waals surface area (Å²) in [7, 11) is 1.59. The third-order valence-corrected chi connectivity index (χ3v) is 6.13. The maximum atomic E-state index is 13.2. The van der Waals surface area contributed by atoms with E-state index in [-0.39, 0.29) is 30.4 Å². The van der Waals surface area contributed by atoms with E-state index in [2.05, 4.69) is 21.3 Å². The molecule has 0 aliphatic carbocycles. The fourth-order valence-electron chi connectivity index (χ4n) is 3.94. The number of carbonyl (C=O) groups is 4. The Hall–Kier alpha value is -2.90. The molecule has 0 radical (unpaired) electrons. The van der Waals surface area contributed by atoms with Crippen LogP contribution in [0.4, 0.5) is 0 Å². The second-order valence-corrected chi connectivity index (χ2v) is 9.48. The van der Waals surface area contributed by atoms with Gasteiger partial charge in [-0.05, 0) is 24.8 Å². The molecule has 1 rings (SSSR count). The Labute approximate surface area is 237 Å². The van der Waals surface area contributed by atoms with Crippen LogP contribution in [-0.2, 0) is 35.1 Å². The number of hydrogen-bond donors (Lipinski definition) is 6. The molecule has 0 spiro atoms. The quantitative estimate of drug-likeness (QED) is 0.0831. The first-order valence-corrected chi connectivity index (χ1v) is 14.0. The predicted octanol–water partition coefficient (Wildman–Crippen LogP) is -0.748. The van der Waals surface area contributed by atoms with Crippen molar-refractivity contribution in [3.8, 4) is 0 Å². The number of ketones is 1. The number of Topliss-reactive ketones (excluding diaryl/α,β-unsaturated/α-hetero) is 1. The second-order valence-electron chi connectivity index (χ2n) is 9.48. The minimum atomic E-state index is -0.899. The van der Waals surface area contributed by atoms with Gasteiger partial charge in [-0.15, -0.1) is 0 Å². The summed E-state index contributed by atoms with van der Waals surface area (Å²) in [5.41, 5.74) is 11.9. The highest BCUT2D eigenvalue weighted by molar-refractivity contribution is 5.91. The lowest BCUT2D eigenvalue weighted by Gasteiger charge is -2.20. The number of primary amides is 1. The topological polar surface area (TPSA) is 187 Å². The Kier molecular flexibility index (Phi) is 20.1. The van der Waals surface area contributed by atoms with Crippen LogP contribution < -0.4 is 32.7 Å². The molecule has 8 N–H and O–H groups in total. The number of methoxy groups -OCH3 is 1. The van der Waals surface area contributed by atoms with Crippen LogP contribution in [0.15, 0.2) is 30.3 Å². The third kappa shape index (κ3) is 17.6. The van der Waals surface area contributed by atoms with Crippen molar-refractivity contribution in [2.24, 2.45) is 17.4 Å². The minimum absolute atomic E-state index is 0.0529. The van der Waals surface area contributed by atoms with E-state index in [1.807, 2.05) is 30.3 Å². The van der Waals surface area contributed by atoms with E-state index in [4.69, 9.17) is 20.9 Å². The Balaban J connectivity index is 2.54. The molecule has 0 aromatic heterocycles. The molecular weight excluding hydrogens is 516 g/mol. The Bertz CT molecular complexity index is 857. The number of nitrogens with one attached hydrogen (secondary N) is 4. The Morgan fingerprint density at radius 3 is 2.30 bits per heavy atom. The molecule has 0 aliphatic rings. The minimum Gasteiger partial charge on any atom is -0.382 e. The van der Waals surface area contributed by atoms with Crippen LogP contribution in [0.25, 0.3) is 0 Å². The average molecular weight is 565 g/mol. The maximum Gasteiger partial charge on any atom is 0.224 e. The molecule has 12 nitrogen and oxygen atoms in total. The van der Waals surface area contributed by atoms with Gasteiger partial charge < -0.3 is 42.2 Å². The highest BCUT2D eigenvalue weighted by Crippen LogP contribution is 2.13. The summed E-state index contributed by atoms with van der Waals surface area (Å²) in [5, 5.41) is 11.9. The summed E-state index contributed by atoms with van der Waals surface area (Å²) in [6, 6.07) is 8.98. The summed E-state index contributed by atoms with van der Waals surface area (Å²) in [6.45, 7) is 4.31. The summed E-state index contributed by atoms with van der Waals surface area (Å²) < 4.78 is 10.4. The standard InChI is InChI=1S/C28H48N6O6/c1-39-17-18-40-16-15-32-24(9-5-6-11-33-26(36)19-22-7-3-2-4-8-22)25(35)20-23(28(30)38)21-27(37)34-14-13-31-12-10-29/h2-4,7-8,23-24,31-32H,5-6,9-21,29H2,1H3,(H2,30,38)(H,33,36)(H,34,37). The van der Waals surface area contributed by atoms with Gasteiger partial charge in [0.05, 0.1) is 38.2 Å². The molecule has 0 bridgehead atoms. The van der Waals surface area contributed by atoms with Gasteiger partial charge in [-0.3, -0.25) is 19.2 Å². The van der Waals surface area contributed by atoms with Gasteiger partial charge in [-0.2, -0.15) is 0 Å². The molecule has 0 heterocycles.